The summed E-state index contributed by atoms with van der Waals surface area (Å²) < 4.78 is 0. The molecular formula is C15H20N2O. The molecular weight excluding hydrogens is 224 g/mol. The van der Waals surface area contributed by atoms with Gasteiger partial charge >= 0.3 is 0 Å². The van der Waals surface area contributed by atoms with Crippen molar-refractivity contribution in [2.24, 2.45) is 17.8 Å². The van der Waals surface area contributed by atoms with E-state index >= 15 is 0 Å². The maximum atomic E-state index is 12.1. The average molecular weight is 244 g/mol. The molecule has 2 saturated carbocycles. The van der Waals surface area contributed by atoms with Crippen molar-refractivity contribution >= 4 is 11.6 Å². The Labute approximate surface area is 108 Å². The highest BCUT2D eigenvalue weighted by molar-refractivity contribution is 5.79. The molecule has 3 rings (SSSR count). The van der Waals surface area contributed by atoms with E-state index in [1.165, 1.54) is 6.42 Å². The standard InChI is InChI=1S/C15H20N2O/c1-9(10-2-4-14(16)5-3-10)17-15(18)13-7-11-6-12(11)8-13/h2-5,9,11-13H,6-8,16H2,1H3,(H,17,18). The number of hydrogen-bond donors (Lipinski definition) is 2. The van der Waals surface area contributed by atoms with E-state index in [1.54, 1.807) is 0 Å². The first kappa shape index (κ1) is 11.6. The second-order valence-electron chi connectivity index (χ2n) is 5.82. The Morgan fingerprint density at radius 2 is 1.83 bits per heavy atom. The Morgan fingerprint density at radius 1 is 1.22 bits per heavy atom. The Balaban J connectivity index is 1.58. The zero-order valence-electron chi connectivity index (χ0n) is 10.7. The van der Waals surface area contributed by atoms with Gasteiger partial charge in [0.2, 0.25) is 5.91 Å². The number of nitrogens with one attached hydrogen (secondary N) is 1. The van der Waals surface area contributed by atoms with Crippen LogP contribution in [-0.2, 0) is 4.79 Å². The third-order valence-corrected chi connectivity index (χ3v) is 4.41. The lowest BCUT2D eigenvalue weighted by Crippen LogP contribution is -2.32. The van der Waals surface area contributed by atoms with Gasteiger partial charge in [-0.25, -0.2) is 0 Å². The smallest absolute Gasteiger partial charge is 0.223 e. The lowest BCUT2D eigenvalue weighted by atomic mass is 10.0. The number of amides is 1. The summed E-state index contributed by atoms with van der Waals surface area (Å²) in [6, 6.07) is 7.78. The maximum absolute atomic E-state index is 12.1. The van der Waals surface area contributed by atoms with E-state index in [9.17, 15) is 4.79 Å². The molecule has 3 N–H and O–H groups in total. The molecule has 0 spiro atoms. The van der Waals surface area contributed by atoms with Gasteiger partial charge in [0.25, 0.3) is 0 Å². The fraction of sp³-hybridized carbons (Fsp3) is 0.533. The second kappa shape index (κ2) is 4.30. The number of nitrogens with two attached hydrogens (primary N) is 1. The quantitative estimate of drug-likeness (QED) is 0.803. The number of anilines is 1. The van der Waals surface area contributed by atoms with Crippen molar-refractivity contribution in [1.29, 1.82) is 0 Å². The highest BCUT2D eigenvalue weighted by Crippen LogP contribution is 2.54. The number of hydrogen-bond acceptors (Lipinski definition) is 2. The molecule has 1 aromatic carbocycles. The van der Waals surface area contributed by atoms with Crippen molar-refractivity contribution in [2.45, 2.75) is 32.2 Å². The normalized spacial score (nSPS) is 30.6. The first-order valence-electron chi connectivity index (χ1n) is 6.79. The molecule has 0 bridgehead atoms. The molecule has 2 fully saturated rings. The van der Waals surface area contributed by atoms with Crippen LogP contribution in [0.3, 0.4) is 0 Å². The molecule has 18 heavy (non-hydrogen) atoms. The van der Waals surface area contributed by atoms with Gasteiger partial charge in [0.15, 0.2) is 0 Å². The van der Waals surface area contributed by atoms with Crippen LogP contribution in [0.5, 0.6) is 0 Å². The van der Waals surface area contributed by atoms with Crippen molar-refractivity contribution in [1.82, 2.24) is 5.32 Å². The second-order valence-corrected chi connectivity index (χ2v) is 5.82. The molecule has 3 nitrogen and oxygen atoms in total. The van der Waals surface area contributed by atoms with Gasteiger partial charge in [-0.1, -0.05) is 12.1 Å². The zero-order chi connectivity index (χ0) is 12.7. The summed E-state index contributed by atoms with van der Waals surface area (Å²) in [5, 5.41) is 3.12. The van der Waals surface area contributed by atoms with Crippen molar-refractivity contribution in [3.63, 3.8) is 0 Å². The first-order valence-corrected chi connectivity index (χ1v) is 6.79. The predicted octanol–water partition coefficient (Wildman–Crippen LogP) is 2.49. The minimum atomic E-state index is 0.0648. The molecule has 2 aliphatic rings. The highest BCUT2D eigenvalue weighted by atomic mass is 16.1. The molecule has 96 valence electrons. The van der Waals surface area contributed by atoms with Crippen LogP contribution >= 0.6 is 0 Å². The molecule has 1 aromatic rings. The van der Waals surface area contributed by atoms with E-state index in [-0.39, 0.29) is 17.9 Å². The minimum absolute atomic E-state index is 0.0648. The summed E-state index contributed by atoms with van der Waals surface area (Å²) in [6.07, 6.45) is 3.56. The van der Waals surface area contributed by atoms with Gasteiger partial charge < -0.3 is 11.1 Å². The Bertz CT molecular complexity index is 444. The van der Waals surface area contributed by atoms with Crippen LogP contribution in [0.25, 0.3) is 0 Å². The summed E-state index contributed by atoms with van der Waals surface area (Å²) >= 11 is 0. The van der Waals surface area contributed by atoms with Gasteiger partial charge in [0.05, 0.1) is 6.04 Å². The van der Waals surface area contributed by atoms with E-state index in [4.69, 9.17) is 5.73 Å². The number of carbonyl (C=O) groups is 1. The first-order chi connectivity index (χ1) is 8.63. The van der Waals surface area contributed by atoms with Gasteiger partial charge in [-0.05, 0) is 55.7 Å². The maximum Gasteiger partial charge on any atom is 0.223 e. The minimum Gasteiger partial charge on any atom is -0.399 e. The summed E-state index contributed by atoms with van der Waals surface area (Å²) in [7, 11) is 0. The number of fused-ring (bicyclic) bond motifs is 1. The van der Waals surface area contributed by atoms with E-state index in [0.717, 1.165) is 35.9 Å². The average Bonchev–Trinajstić information content (AvgIpc) is 2.96. The Morgan fingerprint density at radius 3 is 2.44 bits per heavy atom. The largest absolute Gasteiger partial charge is 0.399 e. The summed E-state index contributed by atoms with van der Waals surface area (Å²) in [5.41, 5.74) is 7.53. The van der Waals surface area contributed by atoms with Crippen LogP contribution in [0, 0.1) is 17.8 Å². The van der Waals surface area contributed by atoms with E-state index in [2.05, 4.69) is 5.32 Å². The Hall–Kier alpha value is -1.51. The fourth-order valence-electron chi connectivity index (χ4n) is 3.13. The summed E-state index contributed by atoms with van der Waals surface area (Å²) in [6.45, 7) is 2.03. The number of nitrogen functional groups attached to an aromatic ring is 1. The van der Waals surface area contributed by atoms with Crippen LogP contribution in [0.2, 0.25) is 0 Å². The molecule has 0 radical (unpaired) electrons. The molecule has 0 aromatic heterocycles. The van der Waals surface area contributed by atoms with E-state index < -0.39 is 0 Å². The monoisotopic (exact) mass is 244 g/mol. The van der Waals surface area contributed by atoms with Gasteiger partial charge in [0, 0.05) is 11.6 Å². The van der Waals surface area contributed by atoms with Gasteiger partial charge in [-0.3, -0.25) is 4.79 Å². The van der Waals surface area contributed by atoms with Crippen LogP contribution in [0.1, 0.15) is 37.8 Å². The Kier molecular flexibility index (Phi) is 2.77. The third-order valence-electron chi connectivity index (χ3n) is 4.41. The number of rotatable bonds is 3. The zero-order valence-corrected chi connectivity index (χ0v) is 10.7. The van der Waals surface area contributed by atoms with Gasteiger partial charge in [-0.15, -0.1) is 0 Å². The number of carbonyl (C=O) groups excluding carboxylic acids is 1. The van der Waals surface area contributed by atoms with Crippen LogP contribution in [0.15, 0.2) is 24.3 Å². The SMILES string of the molecule is CC(NC(=O)C1CC2CC2C1)c1ccc(N)cc1. The lowest BCUT2D eigenvalue weighted by Gasteiger charge is -2.18. The third kappa shape index (κ3) is 2.22. The van der Waals surface area contributed by atoms with Crippen LogP contribution in [-0.4, -0.2) is 5.91 Å². The fourth-order valence-corrected chi connectivity index (χ4v) is 3.13. The van der Waals surface area contributed by atoms with E-state index in [0.29, 0.717) is 0 Å². The topological polar surface area (TPSA) is 55.1 Å². The van der Waals surface area contributed by atoms with E-state index in [1.807, 2.05) is 31.2 Å². The summed E-state index contributed by atoms with van der Waals surface area (Å²) in [4.78, 5) is 12.1. The molecule has 3 atom stereocenters. The van der Waals surface area contributed by atoms with Crippen molar-refractivity contribution in [2.75, 3.05) is 5.73 Å². The molecule has 3 heteroatoms. The van der Waals surface area contributed by atoms with Crippen LogP contribution < -0.4 is 11.1 Å². The number of benzene rings is 1. The van der Waals surface area contributed by atoms with Crippen molar-refractivity contribution in [3.05, 3.63) is 29.8 Å². The molecule has 3 unspecified atom stereocenters. The molecule has 2 aliphatic carbocycles. The molecule has 0 heterocycles. The van der Waals surface area contributed by atoms with Gasteiger partial charge in [0.1, 0.15) is 0 Å². The summed E-state index contributed by atoms with van der Waals surface area (Å²) in [5.74, 6) is 2.19. The van der Waals surface area contributed by atoms with Gasteiger partial charge in [-0.2, -0.15) is 0 Å². The highest BCUT2D eigenvalue weighted by Gasteiger charge is 2.48. The molecule has 0 saturated heterocycles. The van der Waals surface area contributed by atoms with Crippen LogP contribution in [0.4, 0.5) is 5.69 Å². The van der Waals surface area contributed by atoms with Crippen molar-refractivity contribution in [3.8, 4) is 0 Å². The van der Waals surface area contributed by atoms with Crippen molar-refractivity contribution < 1.29 is 4.79 Å². The molecule has 1 amide bonds. The lowest BCUT2D eigenvalue weighted by molar-refractivity contribution is -0.125. The predicted molar refractivity (Wildman–Crippen MR) is 71.7 cm³/mol. The molecule has 0 aliphatic heterocycles.